The maximum atomic E-state index is 10.5. The minimum Gasteiger partial charge on any atom is -1.00 e. The van der Waals surface area contributed by atoms with E-state index in [1.165, 1.54) is 57.8 Å². The Labute approximate surface area is 165 Å². The van der Waals surface area contributed by atoms with Gasteiger partial charge in [0.25, 0.3) is 0 Å². The van der Waals surface area contributed by atoms with Gasteiger partial charge < -0.3 is 6.53 Å². The topological polar surface area (TPSA) is 37.3 Å². The van der Waals surface area contributed by atoms with Gasteiger partial charge in [-0.1, -0.05) is 87.1 Å². The smallest absolute Gasteiger partial charge is 1.00 e. The first-order valence-corrected chi connectivity index (χ1v) is 7.97. The molecule has 2 nitrogen and oxygen atoms in total. The second-order valence-electron chi connectivity index (χ2n) is 4.78. The van der Waals surface area contributed by atoms with Crippen LogP contribution in [0.15, 0.2) is 0 Å². The van der Waals surface area contributed by atoms with Crippen molar-refractivity contribution in [3.05, 3.63) is 0 Å². The first-order chi connectivity index (χ1) is 8.18. The molecule has 0 radical (unpaired) electrons. The van der Waals surface area contributed by atoms with Crippen LogP contribution < -0.4 is 51.4 Å². The van der Waals surface area contributed by atoms with E-state index in [-0.39, 0.29) is 57.6 Å². The molecule has 1 N–H and O–H groups in total. The van der Waals surface area contributed by atoms with E-state index in [0.29, 0.717) is 0 Å². The van der Waals surface area contributed by atoms with E-state index >= 15 is 0 Å². The Hall–Kier alpha value is 1.59. The molecule has 0 aromatic heterocycles. The second-order valence-corrected chi connectivity index (χ2v) is 5.88. The van der Waals surface area contributed by atoms with E-state index < -0.39 is 5.97 Å². The van der Waals surface area contributed by atoms with Crippen molar-refractivity contribution in [2.24, 2.45) is 0 Å². The van der Waals surface area contributed by atoms with Gasteiger partial charge in [0.15, 0.2) is 0 Å². The summed E-state index contributed by atoms with van der Waals surface area (Å²) in [6.45, 7) is 2.24. The standard InChI is InChI=1S/C14H27BrO2.K.H/c1-2-3-4-5-6-7-8-9-10-11-12-13(15)14(16)17;;/h13H,2-12H2,1H3,(H,16,17);;/q;+1;-1. The Kier molecular flexibility index (Phi) is 20.2. The van der Waals surface area contributed by atoms with Gasteiger partial charge in [0.1, 0.15) is 4.83 Å². The summed E-state index contributed by atoms with van der Waals surface area (Å²) in [6, 6.07) is 0. The van der Waals surface area contributed by atoms with Gasteiger partial charge in [0.05, 0.1) is 0 Å². The van der Waals surface area contributed by atoms with E-state index in [2.05, 4.69) is 22.9 Å². The zero-order chi connectivity index (χ0) is 12.9. The number of carboxylic acid groups (broad SMARTS) is 1. The molecule has 0 heterocycles. The molecule has 0 rings (SSSR count). The monoisotopic (exact) mass is 346 g/mol. The van der Waals surface area contributed by atoms with Crippen LogP contribution in [0.1, 0.15) is 79.0 Å². The summed E-state index contributed by atoms with van der Waals surface area (Å²) >= 11 is 3.16. The number of alkyl halides is 1. The first kappa shape index (κ1) is 21.9. The molecule has 1 unspecified atom stereocenters. The minimum absolute atomic E-state index is 0. The molecule has 1 atom stereocenters. The zero-order valence-electron chi connectivity index (χ0n) is 13.1. The van der Waals surface area contributed by atoms with Gasteiger partial charge in [0.2, 0.25) is 0 Å². The Morgan fingerprint density at radius 3 is 1.78 bits per heavy atom. The van der Waals surface area contributed by atoms with Crippen LogP contribution in [0.2, 0.25) is 0 Å². The van der Waals surface area contributed by atoms with Gasteiger partial charge >= 0.3 is 57.4 Å². The van der Waals surface area contributed by atoms with Gasteiger partial charge in [0, 0.05) is 0 Å². The molecule has 0 amide bonds. The molecular weight excluding hydrogens is 319 g/mol. The van der Waals surface area contributed by atoms with Crippen molar-refractivity contribution in [1.29, 1.82) is 0 Å². The summed E-state index contributed by atoms with van der Waals surface area (Å²) < 4.78 is 0. The SMILES string of the molecule is CCCCCCCCCCCCC(Br)C(=O)O.[H-].[K+]. The summed E-state index contributed by atoms with van der Waals surface area (Å²) in [5, 5.41) is 8.68. The Bertz CT molecular complexity index is 194. The van der Waals surface area contributed by atoms with Crippen LogP contribution in [0, 0.1) is 0 Å². The van der Waals surface area contributed by atoms with Crippen LogP contribution >= 0.6 is 15.9 Å². The Morgan fingerprint density at radius 2 is 1.39 bits per heavy atom. The van der Waals surface area contributed by atoms with Gasteiger partial charge in [-0.15, -0.1) is 0 Å². The molecule has 0 saturated heterocycles. The average Bonchev–Trinajstić information content (AvgIpc) is 2.31. The van der Waals surface area contributed by atoms with Crippen LogP contribution in [0.4, 0.5) is 0 Å². The molecular formula is C14H28BrKO2. The molecule has 0 saturated carbocycles. The summed E-state index contributed by atoms with van der Waals surface area (Å²) in [6.07, 6.45) is 13.7. The maximum Gasteiger partial charge on any atom is 1.00 e. The fraction of sp³-hybridized carbons (Fsp3) is 0.929. The third kappa shape index (κ3) is 15.6. The van der Waals surface area contributed by atoms with Gasteiger partial charge in [-0.3, -0.25) is 4.79 Å². The molecule has 0 aromatic rings. The van der Waals surface area contributed by atoms with E-state index in [1.807, 2.05) is 0 Å². The third-order valence-corrected chi connectivity index (χ3v) is 3.93. The predicted octanol–water partition coefficient (Wildman–Crippen LogP) is 2.26. The molecule has 0 spiro atoms. The number of unbranched alkanes of at least 4 members (excludes halogenated alkanes) is 9. The van der Waals surface area contributed by atoms with Gasteiger partial charge in [-0.25, -0.2) is 0 Å². The van der Waals surface area contributed by atoms with E-state index in [1.54, 1.807) is 0 Å². The number of hydrogen-bond donors (Lipinski definition) is 1. The number of carbonyl (C=O) groups is 1. The third-order valence-electron chi connectivity index (χ3n) is 3.08. The first-order valence-electron chi connectivity index (χ1n) is 7.05. The van der Waals surface area contributed by atoms with Crippen molar-refractivity contribution in [3.8, 4) is 0 Å². The number of halogens is 1. The summed E-state index contributed by atoms with van der Waals surface area (Å²) in [7, 11) is 0. The van der Waals surface area contributed by atoms with Crippen LogP contribution in [0.3, 0.4) is 0 Å². The van der Waals surface area contributed by atoms with E-state index in [4.69, 9.17) is 5.11 Å². The van der Waals surface area contributed by atoms with Crippen LogP contribution in [0.25, 0.3) is 0 Å². The minimum atomic E-state index is -0.735. The molecule has 0 aliphatic rings. The number of hydrogen-bond acceptors (Lipinski definition) is 1. The van der Waals surface area contributed by atoms with Gasteiger partial charge in [-0.05, 0) is 6.42 Å². The van der Waals surface area contributed by atoms with E-state index in [9.17, 15) is 4.79 Å². The van der Waals surface area contributed by atoms with Crippen molar-refractivity contribution in [2.45, 2.75) is 82.4 Å². The van der Waals surface area contributed by atoms with E-state index in [0.717, 1.165) is 12.8 Å². The predicted molar refractivity (Wildman–Crippen MR) is 77.9 cm³/mol. The summed E-state index contributed by atoms with van der Waals surface area (Å²) in [5.41, 5.74) is 0. The number of carboxylic acids is 1. The molecule has 104 valence electrons. The zero-order valence-corrected chi connectivity index (χ0v) is 16.8. The van der Waals surface area contributed by atoms with Crippen molar-refractivity contribution >= 4 is 21.9 Å². The second kappa shape index (κ2) is 16.6. The number of rotatable bonds is 12. The molecule has 0 aliphatic heterocycles. The normalized spacial score (nSPS) is 11.9. The van der Waals surface area contributed by atoms with Crippen molar-refractivity contribution < 1.29 is 62.7 Å². The molecule has 18 heavy (non-hydrogen) atoms. The van der Waals surface area contributed by atoms with Crippen LogP contribution in [0.5, 0.6) is 0 Å². The molecule has 0 aromatic carbocycles. The molecule has 0 fully saturated rings. The average molecular weight is 347 g/mol. The van der Waals surface area contributed by atoms with Crippen molar-refractivity contribution in [2.75, 3.05) is 0 Å². The summed E-state index contributed by atoms with van der Waals surface area (Å²) in [4.78, 5) is 10.2. The Balaban J connectivity index is -0.00000128. The van der Waals surface area contributed by atoms with Crippen LogP contribution in [-0.2, 0) is 4.79 Å². The van der Waals surface area contributed by atoms with Crippen LogP contribution in [-0.4, -0.2) is 15.9 Å². The fourth-order valence-electron chi connectivity index (χ4n) is 1.93. The Morgan fingerprint density at radius 1 is 1.00 bits per heavy atom. The maximum absolute atomic E-state index is 10.5. The van der Waals surface area contributed by atoms with Crippen molar-refractivity contribution in [1.82, 2.24) is 0 Å². The molecule has 4 heteroatoms. The van der Waals surface area contributed by atoms with Gasteiger partial charge in [-0.2, -0.15) is 0 Å². The molecule has 0 bridgehead atoms. The largest absolute Gasteiger partial charge is 1.00 e. The van der Waals surface area contributed by atoms with Crippen molar-refractivity contribution in [3.63, 3.8) is 0 Å². The summed E-state index contributed by atoms with van der Waals surface area (Å²) in [5.74, 6) is -0.735. The fourth-order valence-corrected chi connectivity index (χ4v) is 2.26. The quantitative estimate of drug-likeness (QED) is 0.334. The molecule has 0 aliphatic carbocycles. The number of aliphatic carboxylic acids is 1.